The first-order chi connectivity index (χ1) is 12.9. The highest BCUT2D eigenvalue weighted by Gasteiger charge is 2.25. The van der Waals surface area contributed by atoms with Crippen LogP contribution in [0.5, 0.6) is 0 Å². The van der Waals surface area contributed by atoms with Crippen molar-refractivity contribution in [2.24, 2.45) is 10.9 Å². The first kappa shape index (κ1) is 21.6. The minimum atomic E-state index is -0.450. The van der Waals surface area contributed by atoms with E-state index >= 15 is 0 Å². The number of hydrogen-bond acceptors (Lipinski definition) is 3. The zero-order chi connectivity index (χ0) is 19.8. The molecule has 1 atom stereocenters. The number of guanidine groups is 1. The molecule has 1 unspecified atom stereocenters. The fourth-order valence-electron chi connectivity index (χ4n) is 3.31. The lowest BCUT2D eigenvalue weighted by molar-refractivity contribution is 0.0900. The van der Waals surface area contributed by atoms with Gasteiger partial charge < -0.3 is 15.5 Å². The summed E-state index contributed by atoms with van der Waals surface area (Å²) < 4.78 is 27.2. The molecular weight excluding hydrogens is 348 g/mol. The molecule has 1 aliphatic heterocycles. The zero-order valence-electron chi connectivity index (χ0n) is 16.9. The van der Waals surface area contributed by atoms with Crippen molar-refractivity contribution in [1.82, 2.24) is 20.4 Å². The van der Waals surface area contributed by atoms with Crippen LogP contribution >= 0.6 is 0 Å². The van der Waals surface area contributed by atoms with Gasteiger partial charge >= 0.3 is 0 Å². The molecule has 0 aliphatic carbocycles. The van der Waals surface area contributed by atoms with Crippen LogP contribution in [0.15, 0.2) is 23.2 Å². The van der Waals surface area contributed by atoms with Gasteiger partial charge in [0.2, 0.25) is 0 Å². The van der Waals surface area contributed by atoms with Gasteiger partial charge in [0, 0.05) is 50.9 Å². The summed E-state index contributed by atoms with van der Waals surface area (Å²) in [6, 6.07) is 3.86. The smallest absolute Gasteiger partial charge is 0.191 e. The largest absolute Gasteiger partial charge is 0.357 e. The van der Waals surface area contributed by atoms with E-state index in [1.54, 1.807) is 0 Å². The number of nitrogens with zero attached hydrogens (tertiary/aromatic N) is 3. The summed E-state index contributed by atoms with van der Waals surface area (Å²) in [6.07, 6.45) is 0. The molecule has 1 saturated heterocycles. The number of benzene rings is 1. The topological polar surface area (TPSA) is 42.9 Å². The second-order valence-electron chi connectivity index (χ2n) is 7.46. The van der Waals surface area contributed by atoms with Crippen LogP contribution in [-0.4, -0.2) is 68.1 Å². The maximum Gasteiger partial charge on any atom is 0.191 e. The van der Waals surface area contributed by atoms with E-state index in [2.05, 4.69) is 46.3 Å². The van der Waals surface area contributed by atoms with E-state index in [-0.39, 0.29) is 12.1 Å². The number of aliphatic imine (C=N–C) groups is 1. The molecule has 5 nitrogen and oxygen atoms in total. The highest BCUT2D eigenvalue weighted by Crippen LogP contribution is 2.13. The predicted octanol–water partition coefficient (Wildman–Crippen LogP) is 2.29. The van der Waals surface area contributed by atoms with Crippen LogP contribution < -0.4 is 10.6 Å². The molecule has 1 fully saturated rings. The van der Waals surface area contributed by atoms with Crippen LogP contribution in [-0.2, 0) is 6.54 Å². The fourth-order valence-corrected chi connectivity index (χ4v) is 3.31. The maximum absolute atomic E-state index is 13.8. The lowest BCUT2D eigenvalue weighted by atomic mass is 10.0. The molecule has 1 aromatic rings. The number of piperazine rings is 1. The fraction of sp³-hybridized carbons (Fsp3) is 0.650. The van der Waals surface area contributed by atoms with Gasteiger partial charge in [-0.05, 0) is 38.1 Å². The van der Waals surface area contributed by atoms with Crippen molar-refractivity contribution < 1.29 is 8.78 Å². The van der Waals surface area contributed by atoms with Crippen molar-refractivity contribution in [3.8, 4) is 0 Å². The number of nitrogens with one attached hydrogen (secondary N) is 2. The average Bonchev–Trinajstić information content (AvgIpc) is 2.63. The molecule has 152 valence electrons. The minimum absolute atomic E-state index is 0.0970. The Morgan fingerprint density at radius 1 is 1.15 bits per heavy atom. The third-order valence-corrected chi connectivity index (χ3v) is 5.01. The van der Waals surface area contributed by atoms with Crippen molar-refractivity contribution in [3.05, 3.63) is 35.4 Å². The Labute approximate surface area is 161 Å². The molecule has 0 aromatic heterocycles. The average molecular weight is 382 g/mol. The lowest BCUT2D eigenvalue weighted by Gasteiger charge is -2.40. The Balaban J connectivity index is 1.99. The number of hydrogen-bond donors (Lipinski definition) is 2. The van der Waals surface area contributed by atoms with Gasteiger partial charge in [0.1, 0.15) is 11.6 Å². The van der Waals surface area contributed by atoms with Gasteiger partial charge in [0.25, 0.3) is 0 Å². The van der Waals surface area contributed by atoms with Crippen molar-refractivity contribution in [3.63, 3.8) is 0 Å². The summed E-state index contributed by atoms with van der Waals surface area (Å²) in [4.78, 5) is 9.30. The van der Waals surface area contributed by atoms with Crippen LogP contribution in [0.3, 0.4) is 0 Å². The Bertz CT molecular complexity index is 612. The van der Waals surface area contributed by atoms with Crippen LogP contribution in [0.2, 0.25) is 0 Å². The Morgan fingerprint density at radius 2 is 1.85 bits per heavy atom. The summed E-state index contributed by atoms with van der Waals surface area (Å²) in [5.41, 5.74) is 0.256. The van der Waals surface area contributed by atoms with Crippen molar-refractivity contribution in [1.29, 1.82) is 0 Å². The molecule has 1 aliphatic rings. The molecule has 2 N–H and O–H groups in total. The quantitative estimate of drug-likeness (QED) is 0.562. The molecule has 0 radical (unpaired) electrons. The second-order valence-corrected chi connectivity index (χ2v) is 7.46. The molecule has 0 spiro atoms. The second kappa shape index (κ2) is 10.6. The standard InChI is InChI=1S/C20H33F2N5/c1-5-23-20(24-13-16-12-17(21)6-7-18(16)22)25-14-19(15(2)3)27-10-8-26(4)9-11-27/h6-7,12,15,19H,5,8-11,13-14H2,1-4H3,(H2,23,24,25). The Hall–Kier alpha value is -1.73. The van der Waals surface area contributed by atoms with Gasteiger partial charge in [0.05, 0.1) is 6.54 Å². The van der Waals surface area contributed by atoms with E-state index < -0.39 is 11.6 Å². The summed E-state index contributed by atoms with van der Waals surface area (Å²) in [5.74, 6) is 0.244. The van der Waals surface area contributed by atoms with Crippen LogP contribution in [0, 0.1) is 17.6 Å². The van der Waals surface area contributed by atoms with E-state index in [1.807, 2.05) is 6.92 Å². The van der Waals surface area contributed by atoms with Crippen molar-refractivity contribution in [2.75, 3.05) is 46.3 Å². The normalized spacial score (nSPS) is 18.0. The number of halogens is 2. The predicted molar refractivity (Wildman–Crippen MR) is 107 cm³/mol. The third kappa shape index (κ3) is 6.74. The Kier molecular flexibility index (Phi) is 8.44. The van der Waals surface area contributed by atoms with Gasteiger partial charge in [-0.3, -0.25) is 4.90 Å². The van der Waals surface area contributed by atoms with E-state index in [0.29, 0.717) is 24.5 Å². The van der Waals surface area contributed by atoms with Gasteiger partial charge in [-0.15, -0.1) is 0 Å². The summed E-state index contributed by atoms with van der Waals surface area (Å²) >= 11 is 0. The van der Waals surface area contributed by atoms with Crippen molar-refractivity contribution in [2.45, 2.75) is 33.4 Å². The highest BCUT2D eigenvalue weighted by atomic mass is 19.1. The minimum Gasteiger partial charge on any atom is -0.357 e. The summed E-state index contributed by atoms with van der Waals surface area (Å²) in [5, 5.41) is 6.57. The first-order valence-corrected chi connectivity index (χ1v) is 9.79. The molecule has 1 aromatic carbocycles. The van der Waals surface area contributed by atoms with E-state index in [4.69, 9.17) is 0 Å². The van der Waals surface area contributed by atoms with Gasteiger partial charge in [-0.1, -0.05) is 13.8 Å². The molecule has 0 amide bonds. The maximum atomic E-state index is 13.8. The SMILES string of the molecule is CCNC(=NCc1cc(F)ccc1F)NCC(C(C)C)N1CCN(C)CC1. The molecule has 27 heavy (non-hydrogen) atoms. The highest BCUT2D eigenvalue weighted by molar-refractivity contribution is 5.79. The van der Waals surface area contributed by atoms with Crippen molar-refractivity contribution >= 4 is 5.96 Å². The molecule has 7 heteroatoms. The van der Waals surface area contributed by atoms with E-state index in [0.717, 1.165) is 44.9 Å². The lowest BCUT2D eigenvalue weighted by Crippen LogP contribution is -2.55. The molecule has 1 heterocycles. The van der Waals surface area contributed by atoms with Gasteiger partial charge in [-0.25, -0.2) is 13.8 Å². The number of rotatable bonds is 7. The summed E-state index contributed by atoms with van der Waals surface area (Å²) in [7, 11) is 2.15. The van der Waals surface area contributed by atoms with Gasteiger partial charge in [-0.2, -0.15) is 0 Å². The summed E-state index contributed by atoms with van der Waals surface area (Å²) in [6.45, 7) is 12.3. The molecule has 2 rings (SSSR count). The Morgan fingerprint density at radius 3 is 2.48 bits per heavy atom. The first-order valence-electron chi connectivity index (χ1n) is 9.79. The van der Waals surface area contributed by atoms with Crippen LogP contribution in [0.1, 0.15) is 26.3 Å². The van der Waals surface area contributed by atoms with E-state index in [1.165, 1.54) is 6.07 Å². The third-order valence-electron chi connectivity index (χ3n) is 5.01. The van der Waals surface area contributed by atoms with E-state index in [9.17, 15) is 8.78 Å². The number of likely N-dealkylation sites (N-methyl/N-ethyl adjacent to an activating group) is 1. The van der Waals surface area contributed by atoms with Gasteiger partial charge in [0.15, 0.2) is 5.96 Å². The van der Waals surface area contributed by atoms with Crippen LogP contribution in [0.4, 0.5) is 8.78 Å². The van der Waals surface area contributed by atoms with Crippen LogP contribution in [0.25, 0.3) is 0 Å². The molecule has 0 bridgehead atoms. The zero-order valence-corrected chi connectivity index (χ0v) is 16.9. The monoisotopic (exact) mass is 381 g/mol. The molecule has 0 saturated carbocycles. The molecular formula is C20H33F2N5.